The fourth-order valence-corrected chi connectivity index (χ4v) is 3.04. The number of esters is 1. The fraction of sp³-hybridized carbons (Fsp3) is 0.300. The normalized spacial score (nSPS) is 15.9. The number of nitrogens with zero attached hydrogens (tertiary/aromatic N) is 2. The molecule has 0 unspecified atom stereocenters. The molecule has 0 N–H and O–H groups in total. The van der Waals surface area contributed by atoms with Crippen LogP contribution in [0.4, 0.5) is 10.1 Å². The molecule has 0 radical (unpaired) electrons. The summed E-state index contributed by atoms with van der Waals surface area (Å²) in [5.74, 6) is -0.565. The van der Waals surface area contributed by atoms with E-state index in [1.54, 1.807) is 48.3 Å². The van der Waals surface area contributed by atoms with Crippen molar-refractivity contribution in [1.82, 2.24) is 4.90 Å². The monoisotopic (exact) mass is 372 g/mol. The summed E-state index contributed by atoms with van der Waals surface area (Å²) in [7, 11) is 3.07. The zero-order chi connectivity index (χ0) is 19.4. The number of likely N-dealkylation sites (N-methyl/N-ethyl adjacent to an activating group) is 1. The Hall–Kier alpha value is -2.93. The zero-order valence-electron chi connectivity index (χ0n) is 15.2. The number of rotatable bonds is 5. The molecule has 0 aromatic heterocycles. The van der Waals surface area contributed by atoms with Crippen molar-refractivity contribution >= 4 is 17.6 Å². The second kappa shape index (κ2) is 8.18. The minimum atomic E-state index is -0.873. The van der Waals surface area contributed by atoms with Gasteiger partial charge in [0.25, 0.3) is 0 Å². The summed E-state index contributed by atoms with van der Waals surface area (Å²) in [5.41, 5.74) is 1.39. The summed E-state index contributed by atoms with van der Waals surface area (Å²) < 4.78 is 23.7. The third kappa shape index (κ3) is 4.43. The molecule has 1 heterocycles. The lowest BCUT2D eigenvalue weighted by Gasteiger charge is -2.34. The Balaban J connectivity index is 1.73. The van der Waals surface area contributed by atoms with Crippen molar-refractivity contribution < 1.29 is 23.5 Å². The number of halogens is 1. The van der Waals surface area contributed by atoms with Gasteiger partial charge in [-0.2, -0.15) is 0 Å². The topological polar surface area (TPSA) is 59.1 Å². The average molecular weight is 372 g/mol. The van der Waals surface area contributed by atoms with Gasteiger partial charge in [-0.15, -0.1) is 0 Å². The molecule has 1 aliphatic rings. The van der Waals surface area contributed by atoms with Gasteiger partial charge >= 0.3 is 5.97 Å². The van der Waals surface area contributed by atoms with Gasteiger partial charge in [0.05, 0.1) is 25.9 Å². The van der Waals surface area contributed by atoms with Crippen molar-refractivity contribution in [3.05, 3.63) is 59.9 Å². The number of hydrogen-bond donors (Lipinski definition) is 0. The van der Waals surface area contributed by atoms with Crippen molar-refractivity contribution in [2.45, 2.75) is 12.6 Å². The average Bonchev–Trinajstić information content (AvgIpc) is 2.66. The minimum absolute atomic E-state index is 0.0797. The number of carbonyl (C=O) groups excluding carboxylic acids is 2. The minimum Gasteiger partial charge on any atom is -0.475 e. The molecule has 0 aliphatic carbocycles. The Labute approximate surface area is 157 Å². The highest BCUT2D eigenvalue weighted by Gasteiger charge is 2.34. The van der Waals surface area contributed by atoms with E-state index in [0.29, 0.717) is 18.0 Å². The van der Waals surface area contributed by atoms with E-state index in [2.05, 4.69) is 0 Å². The molecule has 7 heteroatoms. The molecule has 0 bridgehead atoms. The first-order valence-electron chi connectivity index (χ1n) is 8.55. The second-order valence-corrected chi connectivity index (χ2v) is 6.40. The molecular formula is C20H21FN2O4. The predicted molar refractivity (Wildman–Crippen MR) is 98.0 cm³/mol. The molecule has 0 saturated heterocycles. The Morgan fingerprint density at radius 2 is 2.04 bits per heavy atom. The molecule has 1 aliphatic heterocycles. The number of hydrogen-bond acceptors (Lipinski definition) is 5. The van der Waals surface area contributed by atoms with E-state index in [-0.39, 0.29) is 24.8 Å². The number of methoxy groups -OCH3 is 1. The molecule has 2 aromatic carbocycles. The lowest BCUT2D eigenvalue weighted by atomic mass is 10.1. The highest BCUT2D eigenvalue weighted by molar-refractivity contribution is 5.98. The first-order valence-corrected chi connectivity index (χ1v) is 8.55. The van der Waals surface area contributed by atoms with E-state index < -0.39 is 12.1 Å². The van der Waals surface area contributed by atoms with E-state index in [1.807, 2.05) is 0 Å². The third-order valence-electron chi connectivity index (χ3n) is 4.29. The highest BCUT2D eigenvalue weighted by atomic mass is 19.1. The van der Waals surface area contributed by atoms with E-state index in [9.17, 15) is 14.0 Å². The number of benzene rings is 2. The molecule has 0 fully saturated rings. The third-order valence-corrected chi connectivity index (χ3v) is 4.29. The lowest BCUT2D eigenvalue weighted by Crippen LogP contribution is -2.49. The van der Waals surface area contributed by atoms with Crippen molar-refractivity contribution in [1.29, 1.82) is 0 Å². The lowest BCUT2D eigenvalue weighted by molar-refractivity contribution is -0.148. The van der Waals surface area contributed by atoms with E-state index in [0.717, 1.165) is 5.56 Å². The molecule has 0 saturated carbocycles. The first kappa shape index (κ1) is 18.8. The van der Waals surface area contributed by atoms with Gasteiger partial charge in [0, 0.05) is 6.54 Å². The van der Waals surface area contributed by atoms with Crippen LogP contribution < -0.4 is 9.64 Å². The van der Waals surface area contributed by atoms with Crippen LogP contribution in [-0.4, -0.2) is 50.1 Å². The summed E-state index contributed by atoms with van der Waals surface area (Å²) in [4.78, 5) is 28.1. The maximum atomic E-state index is 13.3. The standard InChI is InChI=1S/C20H21FN2O4/c1-22(11-14-6-5-7-15(21)10-14)13-19(24)23-12-18(20(25)26-2)27-17-9-4-3-8-16(17)23/h3-10,18H,11-13H2,1-2H3/t18-/m0/s1. The van der Waals surface area contributed by atoms with Gasteiger partial charge in [-0.25, -0.2) is 9.18 Å². The summed E-state index contributed by atoms with van der Waals surface area (Å²) in [5, 5.41) is 0. The summed E-state index contributed by atoms with van der Waals surface area (Å²) in [6.45, 7) is 0.616. The number of fused-ring (bicyclic) bond motifs is 1. The quantitative estimate of drug-likeness (QED) is 0.754. The Morgan fingerprint density at radius 1 is 1.26 bits per heavy atom. The summed E-state index contributed by atoms with van der Waals surface area (Å²) >= 11 is 0. The highest BCUT2D eigenvalue weighted by Crippen LogP contribution is 2.33. The van der Waals surface area contributed by atoms with Gasteiger partial charge in [-0.1, -0.05) is 24.3 Å². The van der Waals surface area contributed by atoms with E-state index in [1.165, 1.54) is 24.1 Å². The summed E-state index contributed by atoms with van der Waals surface area (Å²) in [6.07, 6.45) is -0.873. The zero-order valence-corrected chi connectivity index (χ0v) is 15.2. The number of carbonyl (C=O) groups is 2. The Bertz CT molecular complexity index is 842. The maximum absolute atomic E-state index is 13.3. The number of ether oxygens (including phenoxy) is 2. The largest absolute Gasteiger partial charge is 0.475 e. The molecule has 27 heavy (non-hydrogen) atoms. The maximum Gasteiger partial charge on any atom is 0.348 e. The van der Waals surface area contributed by atoms with Crippen molar-refractivity contribution in [3.63, 3.8) is 0 Å². The predicted octanol–water partition coefficient (Wildman–Crippen LogP) is 2.22. The van der Waals surface area contributed by atoms with Crippen LogP contribution in [0.5, 0.6) is 5.75 Å². The van der Waals surface area contributed by atoms with Crippen molar-refractivity contribution in [2.75, 3.05) is 32.1 Å². The molecule has 1 atom stereocenters. The van der Waals surface area contributed by atoms with Crippen LogP contribution in [0, 0.1) is 5.82 Å². The van der Waals surface area contributed by atoms with Crippen LogP contribution in [-0.2, 0) is 20.9 Å². The van der Waals surface area contributed by atoms with E-state index >= 15 is 0 Å². The van der Waals surface area contributed by atoms with Crippen LogP contribution in [0.25, 0.3) is 0 Å². The number of para-hydroxylation sites is 2. The van der Waals surface area contributed by atoms with Crippen LogP contribution in [0.1, 0.15) is 5.56 Å². The van der Waals surface area contributed by atoms with Crippen molar-refractivity contribution in [2.24, 2.45) is 0 Å². The Kier molecular flexibility index (Phi) is 5.71. The van der Waals surface area contributed by atoms with Crippen molar-refractivity contribution in [3.8, 4) is 5.75 Å². The molecule has 0 spiro atoms. The van der Waals surface area contributed by atoms with Crippen LogP contribution >= 0.6 is 0 Å². The van der Waals surface area contributed by atoms with Crippen LogP contribution in [0.15, 0.2) is 48.5 Å². The molecular weight excluding hydrogens is 351 g/mol. The van der Waals surface area contributed by atoms with Gasteiger partial charge in [0.1, 0.15) is 11.6 Å². The number of amides is 1. The Morgan fingerprint density at radius 3 is 2.78 bits per heavy atom. The van der Waals surface area contributed by atoms with Gasteiger partial charge < -0.3 is 14.4 Å². The van der Waals surface area contributed by atoms with Gasteiger partial charge in [-0.05, 0) is 36.9 Å². The van der Waals surface area contributed by atoms with Crippen LogP contribution in [0.3, 0.4) is 0 Å². The molecule has 3 rings (SSSR count). The number of anilines is 1. The van der Waals surface area contributed by atoms with Gasteiger partial charge in [-0.3, -0.25) is 9.69 Å². The molecule has 142 valence electrons. The SMILES string of the molecule is COC(=O)[C@@H]1CN(C(=O)CN(C)Cc2cccc(F)c2)c2ccccc2O1. The summed E-state index contributed by atoms with van der Waals surface area (Å²) in [6, 6.07) is 13.3. The first-order chi connectivity index (χ1) is 13.0. The smallest absolute Gasteiger partial charge is 0.348 e. The van der Waals surface area contributed by atoms with Gasteiger partial charge in [0.15, 0.2) is 0 Å². The van der Waals surface area contributed by atoms with E-state index in [4.69, 9.17) is 9.47 Å². The molecule has 1 amide bonds. The molecule has 2 aromatic rings. The molecule has 6 nitrogen and oxygen atoms in total. The van der Waals surface area contributed by atoms with Crippen LogP contribution in [0.2, 0.25) is 0 Å². The fourth-order valence-electron chi connectivity index (χ4n) is 3.04. The second-order valence-electron chi connectivity index (χ2n) is 6.40. The van der Waals surface area contributed by atoms with Gasteiger partial charge in [0.2, 0.25) is 12.0 Å².